The highest BCUT2D eigenvalue weighted by atomic mass is 35.5. The summed E-state index contributed by atoms with van der Waals surface area (Å²) in [5, 5.41) is 9.54. The van der Waals surface area contributed by atoms with Gasteiger partial charge in [0, 0.05) is 49.0 Å². The lowest BCUT2D eigenvalue weighted by molar-refractivity contribution is 0.0930. The third kappa shape index (κ3) is 3.35. The summed E-state index contributed by atoms with van der Waals surface area (Å²) in [6, 6.07) is 7.45. The van der Waals surface area contributed by atoms with Crippen molar-refractivity contribution < 1.29 is 4.79 Å². The summed E-state index contributed by atoms with van der Waals surface area (Å²) in [7, 11) is 1.93. The molecule has 6 nitrogen and oxygen atoms in total. The first kappa shape index (κ1) is 18.1. The lowest BCUT2D eigenvalue weighted by Gasteiger charge is -2.41. The normalized spacial score (nSPS) is 14.4. The van der Waals surface area contributed by atoms with Gasteiger partial charge in [-0.1, -0.05) is 30.1 Å². The summed E-state index contributed by atoms with van der Waals surface area (Å²) < 4.78 is 1.87. The van der Waals surface area contributed by atoms with Crippen LogP contribution >= 0.6 is 23.2 Å². The van der Waals surface area contributed by atoms with E-state index in [1.54, 1.807) is 12.3 Å². The maximum Gasteiger partial charge on any atom is 0.251 e. The number of nitrogens with zero attached hydrogens (tertiary/aromatic N) is 4. The first-order chi connectivity index (χ1) is 13.0. The molecule has 0 radical (unpaired) electrons. The summed E-state index contributed by atoms with van der Waals surface area (Å²) in [6.07, 6.45) is 2.41. The van der Waals surface area contributed by atoms with Crippen molar-refractivity contribution in [3.63, 3.8) is 0 Å². The Labute approximate surface area is 167 Å². The monoisotopic (exact) mass is 403 g/mol. The fraction of sp³-hybridized carbons (Fsp3) is 0.316. The number of nitrogens with one attached hydrogen (secondary N) is 1. The fourth-order valence-electron chi connectivity index (χ4n) is 3.49. The van der Waals surface area contributed by atoms with Crippen molar-refractivity contribution in [2.75, 3.05) is 18.0 Å². The third-order valence-corrected chi connectivity index (χ3v) is 5.41. The Morgan fingerprint density at radius 2 is 2.07 bits per heavy atom. The molecule has 1 aliphatic rings. The van der Waals surface area contributed by atoms with Gasteiger partial charge < -0.3 is 10.2 Å². The smallest absolute Gasteiger partial charge is 0.251 e. The SMILES string of the molecule is CCc1c2cc(C(=O)NC3CN(c4cc(Cl)ncc4Cl)C3)ccc2nn1C. The molecule has 1 fully saturated rings. The summed E-state index contributed by atoms with van der Waals surface area (Å²) in [4.78, 5) is 18.7. The molecule has 0 aliphatic carbocycles. The molecule has 4 rings (SSSR count). The maximum atomic E-state index is 12.6. The molecule has 0 saturated carbocycles. The van der Waals surface area contributed by atoms with E-state index in [1.807, 2.05) is 29.9 Å². The van der Waals surface area contributed by atoms with Crippen molar-refractivity contribution in [1.82, 2.24) is 20.1 Å². The van der Waals surface area contributed by atoms with Gasteiger partial charge >= 0.3 is 0 Å². The first-order valence-corrected chi connectivity index (χ1v) is 9.54. The number of hydrogen-bond acceptors (Lipinski definition) is 4. The highest BCUT2D eigenvalue weighted by Crippen LogP contribution is 2.30. The largest absolute Gasteiger partial charge is 0.366 e. The average molecular weight is 404 g/mol. The van der Waals surface area contributed by atoms with E-state index < -0.39 is 0 Å². The van der Waals surface area contributed by atoms with Crippen LogP contribution in [0.1, 0.15) is 23.0 Å². The molecule has 8 heteroatoms. The van der Waals surface area contributed by atoms with Crippen LogP contribution in [0.3, 0.4) is 0 Å². The van der Waals surface area contributed by atoms with Gasteiger partial charge in [0.15, 0.2) is 0 Å². The quantitative estimate of drug-likeness (QED) is 0.677. The second kappa shape index (κ2) is 7.02. The van der Waals surface area contributed by atoms with E-state index in [1.165, 1.54) is 0 Å². The van der Waals surface area contributed by atoms with E-state index in [2.05, 4.69) is 27.2 Å². The van der Waals surface area contributed by atoms with Crippen LogP contribution in [0.4, 0.5) is 5.69 Å². The number of carbonyl (C=O) groups excluding carboxylic acids is 1. The van der Waals surface area contributed by atoms with E-state index in [0.717, 1.165) is 28.7 Å². The van der Waals surface area contributed by atoms with Crippen molar-refractivity contribution in [3.8, 4) is 0 Å². The minimum atomic E-state index is -0.0775. The molecule has 3 heterocycles. The highest BCUT2D eigenvalue weighted by molar-refractivity contribution is 6.34. The topological polar surface area (TPSA) is 63.1 Å². The van der Waals surface area contributed by atoms with Crippen molar-refractivity contribution in [2.45, 2.75) is 19.4 Å². The molecule has 0 bridgehead atoms. The van der Waals surface area contributed by atoms with E-state index >= 15 is 0 Å². The van der Waals surface area contributed by atoms with Gasteiger partial charge in [0.25, 0.3) is 5.91 Å². The third-order valence-electron chi connectivity index (χ3n) is 4.91. The van der Waals surface area contributed by atoms with Crippen LogP contribution in [0.25, 0.3) is 10.9 Å². The Balaban J connectivity index is 1.45. The Hall–Kier alpha value is -2.31. The zero-order valence-corrected chi connectivity index (χ0v) is 16.6. The van der Waals surface area contributed by atoms with Crippen molar-refractivity contribution in [2.24, 2.45) is 7.05 Å². The average Bonchev–Trinajstić information content (AvgIpc) is 2.94. The summed E-state index contributed by atoms with van der Waals surface area (Å²) in [6.45, 7) is 3.45. The number of fused-ring (bicyclic) bond motifs is 1. The minimum absolute atomic E-state index is 0.0655. The molecular formula is C19H19Cl2N5O. The Morgan fingerprint density at radius 3 is 2.81 bits per heavy atom. The standard InChI is InChI=1S/C19H19Cl2N5O/c1-3-16-13-6-11(4-5-15(13)24-25(16)2)19(27)23-12-9-26(10-12)17-7-18(21)22-8-14(17)20/h4-8,12H,3,9-10H2,1-2H3,(H,23,27). The van der Waals surface area contributed by atoms with Gasteiger partial charge in [0.05, 0.1) is 22.3 Å². The van der Waals surface area contributed by atoms with Crippen LogP contribution in [-0.4, -0.2) is 39.8 Å². The van der Waals surface area contributed by atoms with Crippen LogP contribution in [0.2, 0.25) is 10.2 Å². The van der Waals surface area contributed by atoms with Crippen LogP contribution in [0.5, 0.6) is 0 Å². The number of hydrogen-bond donors (Lipinski definition) is 1. The lowest BCUT2D eigenvalue weighted by atomic mass is 10.1. The van der Waals surface area contributed by atoms with E-state index in [0.29, 0.717) is 28.8 Å². The molecule has 2 aromatic heterocycles. The molecule has 27 heavy (non-hydrogen) atoms. The molecule has 1 saturated heterocycles. The number of aromatic nitrogens is 3. The predicted molar refractivity (Wildman–Crippen MR) is 108 cm³/mol. The van der Waals surface area contributed by atoms with Gasteiger partial charge in [-0.2, -0.15) is 5.10 Å². The van der Waals surface area contributed by atoms with Crippen LogP contribution < -0.4 is 10.2 Å². The number of anilines is 1. The summed E-state index contributed by atoms with van der Waals surface area (Å²) in [5.74, 6) is -0.0775. The number of carbonyl (C=O) groups is 1. The molecule has 1 aromatic carbocycles. The van der Waals surface area contributed by atoms with E-state index in [-0.39, 0.29) is 11.9 Å². The number of pyridine rings is 1. The van der Waals surface area contributed by atoms with Crippen LogP contribution in [-0.2, 0) is 13.5 Å². The Morgan fingerprint density at radius 1 is 1.30 bits per heavy atom. The van der Waals surface area contributed by atoms with Crippen molar-refractivity contribution >= 4 is 45.7 Å². The highest BCUT2D eigenvalue weighted by Gasteiger charge is 2.30. The number of benzene rings is 1. The molecule has 140 valence electrons. The lowest BCUT2D eigenvalue weighted by Crippen LogP contribution is -2.59. The number of halogens is 2. The van der Waals surface area contributed by atoms with Gasteiger partial charge in [-0.05, 0) is 24.6 Å². The molecule has 1 N–H and O–H groups in total. The summed E-state index contributed by atoms with van der Waals surface area (Å²) in [5.41, 5.74) is 3.52. The molecular weight excluding hydrogens is 385 g/mol. The fourth-order valence-corrected chi connectivity index (χ4v) is 3.87. The van der Waals surface area contributed by atoms with Crippen molar-refractivity contribution in [3.05, 3.63) is 51.9 Å². The second-order valence-corrected chi connectivity index (χ2v) is 7.48. The van der Waals surface area contributed by atoms with Gasteiger partial charge in [-0.3, -0.25) is 9.48 Å². The number of amides is 1. The molecule has 1 amide bonds. The second-order valence-electron chi connectivity index (χ2n) is 6.69. The zero-order chi connectivity index (χ0) is 19.1. The molecule has 1 aliphatic heterocycles. The van der Waals surface area contributed by atoms with Gasteiger partial charge in [-0.15, -0.1) is 0 Å². The Bertz CT molecular complexity index is 1030. The maximum absolute atomic E-state index is 12.6. The van der Waals surface area contributed by atoms with Gasteiger partial charge in [0.1, 0.15) is 5.15 Å². The molecule has 0 unspecified atom stereocenters. The van der Waals surface area contributed by atoms with E-state index in [9.17, 15) is 4.79 Å². The first-order valence-electron chi connectivity index (χ1n) is 8.78. The van der Waals surface area contributed by atoms with Crippen molar-refractivity contribution in [1.29, 1.82) is 0 Å². The number of rotatable bonds is 4. The summed E-state index contributed by atoms with van der Waals surface area (Å²) >= 11 is 12.1. The predicted octanol–water partition coefficient (Wildman–Crippen LogP) is 3.46. The van der Waals surface area contributed by atoms with Gasteiger partial charge in [-0.25, -0.2) is 4.98 Å². The van der Waals surface area contributed by atoms with Crippen LogP contribution in [0, 0.1) is 0 Å². The van der Waals surface area contributed by atoms with Crippen LogP contribution in [0.15, 0.2) is 30.5 Å². The van der Waals surface area contributed by atoms with E-state index in [4.69, 9.17) is 23.2 Å². The van der Waals surface area contributed by atoms with Gasteiger partial charge in [0.2, 0.25) is 0 Å². The number of aryl methyl sites for hydroxylation is 2. The molecule has 3 aromatic rings. The minimum Gasteiger partial charge on any atom is -0.366 e. The Kier molecular flexibility index (Phi) is 4.70. The molecule has 0 atom stereocenters. The zero-order valence-electron chi connectivity index (χ0n) is 15.0. The molecule has 0 spiro atoms.